The van der Waals surface area contributed by atoms with Crippen LogP contribution in [0.2, 0.25) is 0 Å². The molecule has 0 aromatic heterocycles. The summed E-state index contributed by atoms with van der Waals surface area (Å²) in [6.45, 7) is 0. The highest BCUT2D eigenvalue weighted by molar-refractivity contribution is 5.94. The average molecular weight is 719 g/mol. The Bertz CT molecular complexity index is 2100. The average Bonchev–Trinajstić information content (AvgIpc) is 3.00. The summed E-state index contributed by atoms with van der Waals surface area (Å²) in [7, 11) is 0. The van der Waals surface area contributed by atoms with E-state index >= 15 is 0 Å². The molecular formula is C22H9N9O20. The minimum Gasteiger partial charge on any atom is -0.497 e. The third kappa shape index (κ3) is 6.75. The SMILES string of the molecule is O=[N+]([O-])c1cc([N+](=O)[O-])c(C=Cc2c([N+](=O)[O-])cc([N+](=O)[O-])c(C=Cc3c([N+](=O)[O-])cc([N+](=O)[O-])c(O)c3[N+](=O)[O-])c2[N+](=O)[O-])c([N+](=O)[O-])c1O. The van der Waals surface area contributed by atoms with E-state index in [4.69, 9.17) is 0 Å². The van der Waals surface area contributed by atoms with Crippen LogP contribution in [0.1, 0.15) is 22.3 Å². The Labute approximate surface area is 273 Å². The second-order valence-corrected chi connectivity index (χ2v) is 9.12. The van der Waals surface area contributed by atoms with Gasteiger partial charge in [-0.25, -0.2) is 0 Å². The third-order valence-corrected chi connectivity index (χ3v) is 6.44. The van der Waals surface area contributed by atoms with Crippen molar-refractivity contribution >= 4 is 75.5 Å². The van der Waals surface area contributed by atoms with Gasteiger partial charge >= 0.3 is 22.7 Å². The minimum atomic E-state index is -1.76. The van der Waals surface area contributed by atoms with Gasteiger partial charge in [0, 0.05) is 0 Å². The predicted molar refractivity (Wildman–Crippen MR) is 160 cm³/mol. The van der Waals surface area contributed by atoms with Gasteiger partial charge in [-0.15, -0.1) is 0 Å². The lowest BCUT2D eigenvalue weighted by molar-refractivity contribution is -0.405. The molecule has 0 aliphatic rings. The highest BCUT2D eigenvalue weighted by Gasteiger charge is 2.39. The summed E-state index contributed by atoms with van der Waals surface area (Å²) in [6.07, 6.45) is 0.720. The van der Waals surface area contributed by atoms with Crippen LogP contribution in [0.25, 0.3) is 24.3 Å². The summed E-state index contributed by atoms with van der Waals surface area (Å²) in [5.41, 5.74) is -19.7. The number of hydrogen-bond acceptors (Lipinski definition) is 20. The lowest BCUT2D eigenvalue weighted by Crippen LogP contribution is -2.05. The van der Waals surface area contributed by atoms with Gasteiger partial charge < -0.3 is 10.2 Å². The molecule has 0 saturated heterocycles. The molecule has 3 aromatic carbocycles. The third-order valence-electron chi connectivity index (χ3n) is 6.44. The quantitative estimate of drug-likeness (QED) is 0.138. The van der Waals surface area contributed by atoms with Crippen molar-refractivity contribution in [3.8, 4) is 11.5 Å². The Hall–Kier alpha value is -8.66. The number of phenolic OH excluding ortho intramolecular Hbond substituents is 2. The fourth-order valence-corrected chi connectivity index (χ4v) is 4.40. The molecule has 51 heavy (non-hydrogen) atoms. The van der Waals surface area contributed by atoms with Crippen LogP contribution in [0.5, 0.6) is 11.5 Å². The van der Waals surface area contributed by atoms with E-state index in [0.717, 1.165) is 0 Å². The molecule has 0 saturated carbocycles. The summed E-state index contributed by atoms with van der Waals surface area (Å²) < 4.78 is 0. The number of nitrogens with zero attached hydrogens (tertiary/aromatic N) is 9. The van der Waals surface area contributed by atoms with E-state index < -0.39 is 129 Å². The highest BCUT2D eigenvalue weighted by Crippen LogP contribution is 2.48. The minimum absolute atomic E-state index is 0.0360. The Morgan fingerprint density at radius 2 is 0.529 bits per heavy atom. The van der Waals surface area contributed by atoms with Crippen LogP contribution in [0, 0.1) is 91.0 Å². The highest BCUT2D eigenvalue weighted by atomic mass is 16.7. The molecule has 0 heterocycles. The van der Waals surface area contributed by atoms with Crippen LogP contribution >= 0.6 is 0 Å². The zero-order chi connectivity index (χ0) is 38.8. The van der Waals surface area contributed by atoms with Gasteiger partial charge in [0.25, 0.3) is 39.9 Å². The molecular weight excluding hydrogens is 710 g/mol. The molecule has 262 valence electrons. The normalized spacial score (nSPS) is 11.0. The molecule has 0 atom stereocenters. The molecule has 29 nitrogen and oxygen atoms in total. The van der Waals surface area contributed by atoms with Gasteiger partial charge in [0.15, 0.2) is 0 Å². The topological polar surface area (TPSA) is 429 Å². The largest absolute Gasteiger partial charge is 0.497 e. The molecule has 3 aromatic rings. The fourth-order valence-electron chi connectivity index (χ4n) is 4.40. The molecule has 0 spiro atoms. The molecule has 2 N–H and O–H groups in total. The standard InChI is InChI=1S/C22H9N9O20/c32-21-16(27(42)43)6-14(25(38)39)10(19(21)30(48)49)3-1-8-12(23(34)35)5-13(24(36)37)9(18(8)29(46)47)2-4-11-15(26(40)41)7-17(28(44)45)22(33)20(11)31(50)51/h1-7,32-33H. The van der Waals surface area contributed by atoms with Crippen LogP contribution in [0.4, 0.5) is 51.2 Å². The first-order valence-electron chi connectivity index (χ1n) is 12.3. The molecule has 0 fully saturated rings. The number of phenols is 2. The number of rotatable bonds is 13. The number of aromatic hydroxyl groups is 2. The van der Waals surface area contributed by atoms with Crippen LogP contribution in [0.3, 0.4) is 0 Å². The summed E-state index contributed by atoms with van der Waals surface area (Å²) >= 11 is 0. The van der Waals surface area contributed by atoms with Crippen LogP contribution < -0.4 is 0 Å². The van der Waals surface area contributed by atoms with Gasteiger partial charge in [-0.05, 0) is 24.3 Å². The van der Waals surface area contributed by atoms with Crippen molar-refractivity contribution in [1.29, 1.82) is 0 Å². The molecule has 0 radical (unpaired) electrons. The molecule has 0 unspecified atom stereocenters. The molecule has 0 bridgehead atoms. The zero-order valence-corrected chi connectivity index (χ0v) is 23.8. The summed E-state index contributed by atoms with van der Waals surface area (Å²) in [5, 5.41) is 126. The van der Waals surface area contributed by atoms with E-state index in [1.807, 2.05) is 0 Å². The second-order valence-electron chi connectivity index (χ2n) is 9.12. The smallest absolute Gasteiger partial charge is 0.332 e. The van der Waals surface area contributed by atoms with E-state index in [0.29, 0.717) is 0 Å². The number of nitro benzene ring substituents is 9. The van der Waals surface area contributed by atoms with Gasteiger partial charge in [-0.1, -0.05) is 0 Å². The van der Waals surface area contributed by atoms with Crippen molar-refractivity contribution in [3.05, 3.63) is 131 Å². The summed E-state index contributed by atoms with van der Waals surface area (Å²) in [4.78, 5) is 91.9. The van der Waals surface area contributed by atoms with E-state index in [9.17, 15) is 101 Å². The first kappa shape index (κ1) is 36.8. The molecule has 29 heteroatoms. The van der Waals surface area contributed by atoms with Crippen LogP contribution in [0.15, 0.2) is 18.2 Å². The predicted octanol–water partition coefficient (Wildman–Crippen LogP) is 4.61. The van der Waals surface area contributed by atoms with E-state index in [2.05, 4.69) is 0 Å². The lowest BCUT2D eigenvalue weighted by atomic mass is 9.98. The van der Waals surface area contributed by atoms with E-state index in [-0.39, 0.29) is 42.5 Å². The molecule has 3 rings (SSSR count). The van der Waals surface area contributed by atoms with Gasteiger partial charge in [0.1, 0.15) is 22.3 Å². The first-order valence-corrected chi connectivity index (χ1v) is 12.3. The van der Waals surface area contributed by atoms with Crippen molar-refractivity contribution in [2.75, 3.05) is 0 Å². The molecule has 0 aliphatic heterocycles. The van der Waals surface area contributed by atoms with Gasteiger partial charge in [0.2, 0.25) is 0 Å². The fraction of sp³-hybridized carbons (Fsp3) is 0. The number of benzene rings is 3. The monoisotopic (exact) mass is 719 g/mol. The maximum atomic E-state index is 12.3. The Morgan fingerprint density at radius 3 is 0.725 bits per heavy atom. The Balaban J connectivity index is 2.57. The zero-order valence-electron chi connectivity index (χ0n) is 23.8. The van der Waals surface area contributed by atoms with Crippen molar-refractivity contribution < 1.29 is 54.5 Å². The first-order chi connectivity index (χ1) is 23.6. The number of nitro groups is 9. The number of hydrogen-bond donors (Lipinski definition) is 2. The Morgan fingerprint density at radius 1 is 0.333 bits per heavy atom. The second kappa shape index (κ2) is 13.6. The summed E-state index contributed by atoms with van der Waals surface area (Å²) in [5.74, 6) is -3.53. The van der Waals surface area contributed by atoms with Crippen molar-refractivity contribution in [1.82, 2.24) is 0 Å². The maximum Gasteiger partial charge on any atom is 0.332 e. The molecule has 0 amide bonds. The molecule has 0 aliphatic carbocycles. The van der Waals surface area contributed by atoms with Crippen molar-refractivity contribution in [3.63, 3.8) is 0 Å². The van der Waals surface area contributed by atoms with E-state index in [1.54, 1.807) is 0 Å². The van der Waals surface area contributed by atoms with Crippen molar-refractivity contribution in [2.45, 2.75) is 0 Å². The maximum absolute atomic E-state index is 12.3. The van der Waals surface area contributed by atoms with E-state index in [1.165, 1.54) is 0 Å². The van der Waals surface area contributed by atoms with Gasteiger partial charge in [-0.2, -0.15) is 0 Å². The van der Waals surface area contributed by atoms with Gasteiger partial charge in [-0.3, -0.25) is 91.0 Å². The lowest BCUT2D eigenvalue weighted by Gasteiger charge is -2.07. The van der Waals surface area contributed by atoms with Crippen LogP contribution in [-0.4, -0.2) is 54.5 Å². The van der Waals surface area contributed by atoms with Crippen LogP contribution in [-0.2, 0) is 0 Å². The van der Waals surface area contributed by atoms with Crippen molar-refractivity contribution in [2.24, 2.45) is 0 Å². The summed E-state index contributed by atoms with van der Waals surface area (Å²) in [6, 6.07) is 0.112. The Kier molecular flexibility index (Phi) is 9.81. The van der Waals surface area contributed by atoms with Gasteiger partial charge in [0.05, 0.1) is 62.5 Å².